The van der Waals surface area contributed by atoms with Crippen molar-refractivity contribution in [1.29, 1.82) is 0 Å². The second kappa shape index (κ2) is 6.10. The maximum absolute atomic E-state index is 13.4. The number of rotatable bonds is 3. The predicted molar refractivity (Wildman–Crippen MR) is 101 cm³/mol. The van der Waals surface area contributed by atoms with E-state index in [0.717, 1.165) is 11.1 Å². The van der Waals surface area contributed by atoms with Crippen LogP contribution in [0.4, 0.5) is 5.69 Å². The molecule has 0 saturated carbocycles. The highest BCUT2D eigenvalue weighted by atomic mass is 16.6. The number of non-ortho nitro benzene ring substituents is 1. The number of ketones is 1. The number of nitro groups is 1. The van der Waals surface area contributed by atoms with Gasteiger partial charge in [-0.05, 0) is 17.2 Å². The molecule has 5 rings (SSSR count). The number of nitrogens with one attached hydrogen (secondary N) is 1. The lowest BCUT2D eigenvalue weighted by Gasteiger charge is -2.34. The Bertz CT molecular complexity index is 1120. The normalized spacial score (nSPS) is 26.6. The third kappa shape index (κ3) is 2.42. The van der Waals surface area contributed by atoms with Crippen LogP contribution in [-0.2, 0) is 9.59 Å². The monoisotopic (exact) mass is 389 g/mol. The number of benzene rings is 2. The summed E-state index contributed by atoms with van der Waals surface area (Å²) in [6, 6.07) is 11.6. The molecule has 0 spiro atoms. The summed E-state index contributed by atoms with van der Waals surface area (Å²) >= 11 is 0. The highest BCUT2D eigenvalue weighted by Crippen LogP contribution is 2.51. The van der Waals surface area contributed by atoms with Crippen molar-refractivity contribution in [2.75, 3.05) is 0 Å². The zero-order valence-corrected chi connectivity index (χ0v) is 15.0. The Morgan fingerprint density at radius 2 is 1.79 bits per heavy atom. The van der Waals surface area contributed by atoms with Gasteiger partial charge in [0.1, 0.15) is 6.04 Å². The van der Waals surface area contributed by atoms with Crippen LogP contribution in [0, 0.1) is 22.0 Å². The molecule has 3 heterocycles. The molecule has 2 aromatic carbocycles. The van der Waals surface area contributed by atoms with E-state index in [1.54, 1.807) is 11.1 Å². The molecule has 1 N–H and O–H groups in total. The smallest absolute Gasteiger partial charge is 0.270 e. The Hall–Kier alpha value is -3.81. The molecule has 0 bridgehead atoms. The van der Waals surface area contributed by atoms with Crippen molar-refractivity contribution in [3.8, 4) is 0 Å². The molecule has 0 aromatic heterocycles. The Morgan fingerprint density at radius 1 is 1.03 bits per heavy atom. The van der Waals surface area contributed by atoms with Gasteiger partial charge < -0.3 is 4.90 Å². The van der Waals surface area contributed by atoms with Crippen LogP contribution < -0.4 is 5.32 Å². The summed E-state index contributed by atoms with van der Waals surface area (Å²) in [6.45, 7) is 0. The second-order valence-corrected chi connectivity index (χ2v) is 7.36. The lowest BCUT2D eigenvalue weighted by Crippen LogP contribution is -2.42. The lowest BCUT2D eigenvalue weighted by molar-refractivity contribution is -0.384. The molecule has 29 heavy (non-hydrogen) atoms. The van der Waals surface area contributed by atoms with Crippen molar-refractivity contribution in [2.45, 2.75) is 12.1 Å². The van der Waals surface area contributed by atoms with E-state index in [1.807, 2.05) is 30.3 Å². The highest BCUT2D eigenvalue weighted by molar-refractivity contribution is 6.12. The maximum atomic E-state index is 13.4. The summed E-state index contributed by atoms with van der Waals surface area (Å²) in [5, 5.41) is 13.5. The van der Waals surface area contributed by atoms with Gasteiger partial charge in [-0.1, -0.05) is 36.4 Å². The molecule has 8 nitrogen and oxygen atoms in total. The third-order valence-electron chi connectivity index (χ3n) is 5.91. The van der Waals surface area contributed by atoms with E-state index < -0.39 is 46.4 Å². The van der Waals surface area contributed by atoms with Crippen molar-refractivity contribution in [3.63, 3.8) is 0 Å². The molecule has 4 atom stereocenters. The molecule has 3 aliphatic heterocycles. The first-order chi connectivity index (χ1) is 14.0. The van der Waals surface area contributed by atoms with Gasteiger partial charge in [0.15, 0.2) is 5.78 Å². The van der Waals surface area contributed by atoms with Crippen LogP contribution in [0.1, 0.15) is 27.5 Å². The average Bonchev–Trinajstić information content (AvgIpc) is 3.22. The minimum Gasteiger partial charge on any atom is -0.358 e. The van der Waals surface area contributed by atoms with Crippen LogP contribution in [0.15, 0.2) is 54.7 Å². The van der Waals surface area contributed by atoms with Gasteiger partial charge in [-0.25, -0.2) is 0 Å². The van der Waals surface area contributed by atoms with Gasteiger partial charge in [0.25, 0.3) is 5.69 Å². The topological polar surface area (TPSA) is 110 Å². The fourth-order valence-electron chi connectivity index (χ4n) is 4.72. The largest absolute Gasteiger partial charge is 0.358 e. The van der Waals surface area contributed by atoms with Crippen LogP contribution in [0.5, 0.6) is 0 Å². The second-order valence-electron chi connectivity index (χ2n) is 7.36. The number of carbonyl (C=O) groups excluding carboxylic acids is 3. The van der Waals surface area contributed by atoms with E-state index in [4.69, 9.17) is 0 Å². The number of nitrogens with zero attached hydrogens (tertiary/aromatic N) is 2. The van der Waals surface area contributed by atoms with Crippen LogP contribution in [0.2, 0.25) is 0 Å². The van der Waals surface area contributed by atoms with Crippen molar-refractivity contribution >= 4 is 29.4 Å². The first kappa shape index (κ1) is 17.3. The average molecular weight is 389 g/mol. The van der Waals surface area contributed by atoms with Crippen LogP contribution in [0.3, 0.4) is 0 Å². The van der Waals surface area contributed by atoms with Gasteiger partial charge in [-0.2, -0.15) is 0 Å². The van der Waals surface area contributed by atoms with Gasteiger partial charge >= 0.3 is 0 Å². The van der Waals surface area contributed by atoms with E-state index in [9.17, 15) is 24.5 Å². The maximum Gasteiger partial charge on any atom is 0.270 e. The first-order valence-corrected chi connectivity index (χ1v) is 9.15. The molecule has 2 aromatic rings. The van der Waals surface area contributed by atoms with Gasteiger partial charge in [0.05, 0.1) is 22.8 Å². The molecule has 0 radical (unpaired) electrons. The van der Waals surface area contributed by atoms with Crippen LogP contribution in [-0.4, -0.2) is 33.5 Å². The number of fused-ring (bicyclic) bond motifs is 5. The van der Waals surface area contributed by atoms with E-state index in [0.29, 0.717) is 0 Å². The van der Waals surface area contributed by atoms with Crippen LogP contribution in [0.25, 0.3) is 6.08 Å². The molecular formula is C21H15N3O5. The fraction of sp³-hybridized carbons (Fsp3) is 0.190. The number of carbonyl (C=O) groups is 3. The van der Waals surface area contributed by atoms with Crippen molar-refractivity contribution in [3.05, 3.63) is 81.5 Å². The number of amides is 2. The minimum atomic E-state index is -0.914. The number of hydrogen-bond donors (Lipinski definition) is 1. The van der Waals surface area contributed by atoms with Crippen molar-refractivity contribution in [1.82, 2.24) is 10.2 Å². The molecule has 0 aliphatic carbocycles. The van der Waals surface area contributed by atoms with E-state index in [2.05, 4.69) is 5.32 Å². The molecular weight excluding hydrogens is 374 g/mol. The molecule has 2 fully saturated rings. The molecule has 1 unspecified atom stereocenters. The number of imide groups is 1. The Balaban J connectivity index is 1.63. The van der Waals surface area contributed by atoms with Gasteiger partial charge in [-0.3, -0.25) is 29.8 Å². The van der Waals surface area contributed by atoms with Gasteiger partial charge in [0.2, 0.25) is 11.8 Å². The first-order valence-electron chi connectivity index (χ1n) is 9.15. The van der Waals surface area contributed by atoms with E-state index >= 15 is 0 Å². The molecule has 144 valence electrons. The number of nitro benzene ring substituents is 1. The number of hydrogen-bond acceptors (Lipinski definition) is 6. The summed E-state index contributed by atoms with van der Waals surface area (Å²) in [5.41, 5.74) is 1.75. The predicted octanol–water partition coefficient (Wildman–Crippen LogP) is 2.08. The molecule has 3 aliphatic rings. The third-order valence-corrected chi connectivity index (χ3v) is 5.91. The minimum absolute atomic E-state index is 0.142. The zero-order valence-electron chi connectivity index (χ0n) is 15.0. The summed E-state index contributed by atoms with van der Waals surface area (Å²) in [7, 11) is 0. The van der Waals surface area contributed by atoms with E-state index in [-0.39, 0.29) is 11.3 Å². The van der Waals surface area contributed by atoms with Crippen LogP contribution >= 0.6 is 0 Å². The standard InChI is InChI=1S/C21H15N3O5/c25-19(12-5-3-6-13(10-12)24(28)29)18-16-15(20(26)22-21(16)27)17-14-7-2-1-4-11(14)8-9-23(17)18/h1-10,15-18H,(H,22,26,27)/t15-,16+,17?,18-/m0/s1. The summed E-state index contributed by atoms with van der Waals surface area (Å²) in [4.78, 5) is 50.9. The molecule has 2 amide bonds. The molecule has 8 heteroatoms. The lowest BCUT2D eigenvalue weighted by atomic mass is 9.83. The van der Waals surface area contributed by atoms with Crippen molar-refractivity contribution in [2.24, 2.45) is 11.8 Å². The van der Waals surface area contributed by atoms with Gasteiger partial charge in [-0.15, -0.1) is 0 Å². The fourth-order valence-corrected chi connectivity index (χ4v) is 4.72. The zero-order chi connectivity index (χ0) is 20.3. The van der Waals surface area contributed by atoms with Gasteiger partial charge in [0, 0.05) is 23.9 Å². The number of Topliss-reactive ketones (excluding diaryl/α,β-unsaturated/α-hetero) is 1. The Kier molecular flexibility index (Phi) is 3.64. The van der Waals surface area contributed by atoms with E-state index in [1.165, 1.54) is 24.3 Å². The highest BCUT2D eigenvalue weighted by Gasteiger charge is 2.61. The SMILES string of the molecule is O=C1NC(=O)[C@@H]2C3c4ccccc4C=CN3[C@H](C(=O)c3cccc([N+](=O)[O-])c3)[C@H]12. The van der Waals surface area contributed by atoms with Crippen molar-refractivity contribution < 1.29 is 19.3 Å². The quantitative estimate of drug-likeness (QED) is 0.373. The summed E-state index contributed by atoms with van der Waals surface area (Å²) < 4.78 is 0. The molecule has 2 saturated heterocycles. The Labute approximate surface area is 165 Å². The Morgan fingerprint density at radius 3 is 2.59 bits per heavy atom. The summed E-state index contributed by atoms with van der Waals surface area (Å²) in [6.07, 6.45) is 3.59. The summed E-state index contributed by atoms with van der Waals surface area (Å²) in [5.74, 6) is -2.84.